The summed E-state index contributed by atoms with van der Waals surface area (Å²) in [5.41, 5.74) is 11.0. The summed E-state index contributed by atoms with van der Waals surface area (Å²) < 4.78 is 0. The third-order valence-electron chi connectivity index (χ3n) is 1.26. The number of nitrogens with zero attached hydrogens (tertiary/aromatic N) is 1. The zero-order chi connectivity index (χ0) is 11.0. The van der Waals surface area contributed by atoms with E-state index in [1.165, 1.54) is 18.4 Å². The lowest BCUT2D eigenvalue weighted by atomic mass is 10.4. The Labute approximate surface area is 82.9 Å². The van der Waals surface area contributed by atoms with E-state index >= 15 is 0 Å². The van der Waals surface area contributed by atoms with Crippen LogP contribution in [0.2, 0.25) is 0 Å². The Hall–Kier alpha value is -1.88. The van der Waals surface area contributed by atoms with E-state index in [-0.39, 0.29) is 18.3 Å². The summed E-state index contributed by atoms with van der Waals surface area (Å²) in [6.07, 6.45) is 4.27. The van der Waals surface area contributed by atoms with Crippen molar-refractivity contribution in [2.75, 3.05) is 6.54 Å². The van der Waals surface area contributed by atoms with Crippen LogP contribution in [-0.4, -0.2) is 18.7 Å². The molecule has 0 aliphatic rings. The Morgan fingerprint density at radius 1 is 1.50 bits per heavy atom. The molecule has 0 fully saturated rings. The van der Waals surface area contributed by atoms with Crippen LogP contribution in [0.25, 0.3) is 0 Å². The van der Waals surface area contributed by atoms with E-state index in [1.54, 1.807) is 0 Å². The highest BCUT2D eigenvalue weighted by Crippen LogP contribution is 1.96. The van der Waals surface area contributed by atoms with E-state index in [1.807, 2.05) is 0 Å². The van der Waals surface area contributed by atoms with Gasteiger partial charge in [0.2, 0.25) is 5.91 Å². The Bertz CT molecular complexity index is 291. The predicted octanol–water partition coefficient (Wildman–Crippen LogP) is -0.368. The van der Waals surface area contributed by atoms with Crippen molar-refractivity contribution in [1.82, 2.24) is 5.32 Å². The summed E-state index contributed by atoms with van der Waals surface area (Å²) in [6.45, 7) is 6.80. The van der Waals surface area contributed by atoms with Gasteiger partial charge in [0, 0.05) is 6.21 Å². The molecule has 0 saturated carbocycles. The topological polar surface area (TPSA) is 93.5 Å². The van der Waals surface area contributed by atoms with Crippen LogP contribution in [0.1, 0.15) is 0 Å². The molecule has 0 rings (SSSR count). The Morgan fingerprint density at radius 3 is 2.57 bits per heavy atom. The van der Waals surface area contributed by atoms with Gasteiger partial charge in [-0.2, -0.15) is 0 Å². The number of aliphatic imine (C=N–C) groups is 1. The quantitative estimate of drug-likeness (QED) is 0.412. The van der Waals surface area contributed by atoms with Gasteiger partial charge >= 0.3 is 0 Å². The van der Waals surface area contributed by atoms with Gasteiger partial charge in [-0.15, -0.1) is 0 Å². The number of hydrogen-bond acceptors (Lipinski definition) is 4. The zero-order valence-corrected chi connectivity index (χ0v) is 7.86. The lowest BCUT2D eigenvalue weighted by Gasteiger charge is -2.05. The van der Waals surface area contributed by atoms with Crippen LogP contribution in [0.3, 0.4) is 0 Å². The number of hydrogen-bond donors (Lipinski definition) is 3. The number of nitrogens with two attached hydrogens (primary N) is 2. The maximum atomic E-state index is 10.9. The molecule has 0 aromatic rings. The van der Waals surface area contributed by atoms with Gasteiger partial charge in [-0.1, -0.05) is 19.2 Å². The van der Waals surface area contributed by atoms with Crippen molar-refractivity contribution < 1.29 is 4.79 Å². The second kappa shape index (κ2) is 6.62. The second-order valence-corrected chi connectivity index (χ2v) is 2.27. The molecular weight excluding hydrogens is 180 g/mol. The normalized spacial score (nSPS) is 12.1. The predicted molar refractivity (Wildman–Crippen MR) is 57.3 cm³/mol. The minimum atomic E-state index is -0.350. The van der Waals surface area contributed by atoms with Gasteiger partial charge in [0.1, 0.15) is 5.82 Å². The summed E-state index contributed by atoms with van der Waals surface area (Å²) in [5, 5.41) is 2.45. The first-order chi connectivity index (χ1) is 6.65. The van der Waals surface area contributed by atoms with E-state index in [4.69, 9.17) is 11.5 Å². The first-order valence-corrected chi connectivity index (χ1v) is 3.92. The van der Waals surface area contributed by atoms with Crippen LogP contribution in [0.5, 0.6) is 0 Å². The zero-order valence-electron chi connectivity index (χ0n) is 7.86. The first kappa shape index (κ1) is 12.1. The van der Waals surface area contributed by atoms with E-state index in [0.717, 1.165) is 0 Å². The fourth-order valence-electron chi connectivity index (χ4n) is 0.623. The molecule has 0 aromatic carbocycles. The summed E-state index contributed by atoms with van der Waals surface area (Å²) >= 11 is 0. The van der Waals surface area contributed by atoms with Crippen molar-refractivity contribution in [3.05, 3.63) is 36.8 Å². The number of nitrogens with one attached hydrogen (secondary N) is 1. The van der Waals surface area contributed by atoms with E-state index in [9.17, 15) is 4.79 Å². The highest BCUT2D eigenvalue weighted by atomic mass is 16.1. The largest absolute Gasteiger partial charge is 0.382 e. The average Bonchev–Trinajstić information content (AvgIpc) is 2.21. The molecule has 0 aliphatic heterocycles. The minimum absolute atomic E-state index is 0.115. The van der Waals surface area contributed by atoms with Crippen molar-refractivity contribution in [2.45, 2.75) is 0 Å². The van der Waals surface area contributed by atoms with Crippen LogP contribution in [0.4, 0.5) is 0 Å². The van der Waals surface area contributed by atoms with Crippen molar-refractivity contribution in [3.8, 4) is 0 Å². The molecule has 76 valence electrons. The van der Waals surface area contributed by atoms with E-state index in [2.05, 4.69) is 23.5 Å². The van der Waals surface area contributed by atoms with E-state index in [0.29, 0.717) is 5.70 Å². The lowest BCUT2D eigenvalue weighted by molar-refractivity contribution is -0.118. The maximum Gasteiger partial charge on any atom is 0.238 e. The fourth-order valence-corrected chi connectivity index (χ4v) is 0.623. The van der Waals surface area contributed by atoms with Gasteiger partial charge in [-0.3, -0.25) is 4.79 Å². The van der Waals surface area contributed by atoms with Crippen molar-refractivity contribution in [2.24, 2.45) is 16.5 Å². The summed E-state index contributed by atoms with van der Waals surface area (Å²) in [6, 6.07) is 0. The van der Waals surface area contributed by atoms with Crippen molar-refractivity contribution >= 4 is 12.1 Å². The van der Waals surface area contributed by atoms with Gasteiger partial charge < -0.3 is 16.8 Å². The van der Waals surface area contributed by atoms with Gasteiger partial charge in [-0.05, 0) is 6.08 Å². The molecule has 0 aromatic heterocycles. The van der Waals surface area contributed by atoms with Gasteiger partial charge in [0.05, 0.1) is 12.2 Å². The first-order valence-electron chi connectivity index (χ1n) is 3.92. The molecule has 14 heavy (non-hydrogen) atoms. The van der Waals surface area contributed by atoms with Crippen LogP contribution >= 0.6 is 0 Å². The third kappa shape index (κ3) is 4.22. The Kier molecular flexibility index (Phi) is 5.73. The molecule has 5 nitrogen and oxygen atoms in total. The van der Waals surface area contributed by atoms with Gasteiger partial charge in [-0.25, -0.2) is 4.99 Å². The smallest absolute Gasteiger partial charge is 0.238 e. The molecule has 0 bridgehead atoms. The highest BCUT2D eigenvalue weighted by molar-refractivity contribution is 5.80. The standard InChI is InChI=1S/C9H14N4O/c1-3-5-12-9(11)7(4-2)13-8(14)6-10/h3-5H,1-2,6,10-11H2,(H,13,14)/b9-7+,12-5-. The van der Waals surface area contributed by atoms with Crippen LogP contribution in [0, 0.1) is 0 Å². The van der Waals surface area contributed by atoms with Crippen molar-refractivity contribution in [3.63, 3.8) is 0 Å². The lowest BCUT2D eigenvalue weighted by Crippen LogP contribution is -2.30. The molecule has 0 aliphatic carbocycles. The summed E-state index contributed by atoms with van der Waals surface area (Å²) in [7, 11) is 0. The molecule has 0 saturated heterocycles. The number of carbonyl (C=O) groups is 1. The number of rotatable bonds is 5. The monoisotopic (exact) mass is 194 g/mol. The molecule has 0 atom stereocenters. The average molecular weight is 194 g/mol. The molecule has 0 heterocycles. The van der Waals surface area contributed by atoms with Gasteiger partial charge in [0.15, 0.2) is 0 Å². The Morgan fingerprint density at radius 2 is 2.14 bits per heavy atom. The number of carbonyl (C=O) groups excluding carboxylic acids is 1. The highest BCUT2D eigenvalue weighted by Gasteiger charge is 2.02. The third-order valence-corrected chi connectivity index (χ3v) is 1.26. The fraction of sp³-hybridized carbons (Fsp3) is 0.111. The van der Waals surface area contributed by atoms with Crippen LogP contribution in [-0.2, 0) is 4.79 Å². The molecular formula is C9H14N4O. The minimum Gasteiger partial charge on any atom is -0.382 e. The summed E-state index contributed by atoms with van der Waals surface area (Å²) in [4.78, 5) is 14.7. The van der Waals surface area contributed by atoms with Gasteiger partial charge in [0.25, 0.3) is 0 Å². The van der Waals surface area contributed by atoms with Crippen LogP contribution < -0.4 is 16.8 Å². The molecule has 5 N–H and O–H groups in total. The van der Waals surface area contributed by atoms with E-state index < -0.39 is 0 Å². The molecule has 0 unspecified atom stereocenters. The molecule has 0 radical (unpaired) electrons. The SMILES string of the molecule is C=C/C=N\C(N)=C(/C=C)NC(=O)CN. The Balaban J connectivity index is 4.66. The number of amides is 1. The molecule has 1 amide bonds. The maximum absolute atomic E-state index is 10.9. The molecule has 0 spiro atoms. The second-order valence-electron chi connectivity index (χ2n) is 2.27. The van der Waals surface area contributed by atoms with Crippen LogP contribution in [0.15, 0.2) is 41.8 Å². The number of allylic oxidation sites excluding steroid dienone is 2. The van der Waals surface area contributed by atoms with Crippen molar-refractivity contribution in [1.29, 1.82) is 0 Å². The molecule has 5 heteroatoms. The summed E-state index contributed by atoms with van der Waals surface area (Å²) in [5.74, 6) is -0.196.